The number of thioether (sulfide) groups is 1. The van der Waals surface area contributed by atoms with Crippen molar-refractivity contribution in [2.24, 2.45) is 0 Å². The summed E-state index contributed by atoms with van der Waals surface area (Å²) in [5.41, 5.74) is 4.79. The van der Waals surface area contributed by atoms with Crippen molar-refractivity contribution in [3.63, 3.8) is 0 Å². The molecule has 0 bridgehead atoms. The number of hydrogen-bond acceptors (Lipinski definition) is 5. The molecule has 0 amide bonds. The standard InChI is InChI=1S/C24H22FN3OS2/c1-16-13-18(6-9-21(16)25)28-15-20(23(26-28)22-3-2-11-30-22)24-27(10-12-31-24)14-17-4-7-19(29)8-5-17/h2-9,11,13,15,24,29H,10,12,14H2,1H3. The Bertz CT molecular complexity index is 1190. The van der Waals surface area contributed by atoms with Crippen LogP contribution in [-0.2, 0) is 6.54 Å². The van der Waals surface area contributed by atoms with Gasteiger partial charge in [-0.05, 0) is 59.8 Å². The Hall–Kier alpha value is -2.61. The lowest BCUT2D eigenvalue weighted by molar-refractivity contribution is 0.282. The minimum Gasteiger partial charge on any atom is -0.508 e. The molecule has 0 aliphatic carbocycles. The Morgan fingerprint density at radius 2 is 2.00 bits per heavy atom. The number of halogens is 1. The Balaban J connectivity index is 1.52. The van der Waals surface area contributed by atoms with Gasteiger partial charge < -0.3 is 5.11 Å². The van der Waals surface area contributed by atoms with E-state index in [0.29, 0.717) is 5.56 Å². The number of nitrogens with zero attached hydrogens (tertiary/aromatic N) is 3. The molecule has 2 aromatic heterocycles. The van der Waals surface area contributed by atoms with Crippen LogP contribution in [0.2, 0.25) is 0 Å². The van der Waals surface area contributed by atoms with Crippen LogP contribution >= 0.6 is 23.1 Å². The third-order valence-corrected chi connectivity index (χ3v) is 7.64. The number of phenols is 1. The van der Waals surface area contributed by atoms with Gasteiger partial charge in [-0.1, -0.05) is 18.2 Å². The van der Waals surface area contributed by atoms with Gasteiger partial charge in [0.1, 0.15) is 17.3 Å². The predicted octanol–water partition coefficient (Wildman–Crippen LogP) is 6.00. The lowest BCUT2D eigenvalue weighted by Crippen LogP contribution is -2.22. The summed E-state index contributed by atoms with van der Waals surface area (Å²) in [5, 5.41) is 16.8. The lowest BCUT2D eigenvalue weighted by atomic mass is 10.1. The molecule has 31 heavy (non-hydrogen) atoms. The fourth-order valence-corrected chi connectivity index (χ4v) is 5.90. The first kappa shape index (κ1) is 20.3. The monoisotopic (exact) mass is 451 g/mol. The number of thiophene rings is 1. The SMILES string of the molecule is Cc1cc(-n2cc(C3SCCN3Cc3ccc(O)cc3)c(-c3cccs3)n2)ccc1F. The van der Waals surface area contributed by atoms with Crippen molar-refractivity contribution in [1.29, 1.82) is 0 Å². The van der Waals surface area contributed by atoms with Gasteiger partial charge in [-0.25, -0.2) is 9.07 Å². The van der Waals surface area contributed by atoms with E-state index in [4.69, 9.17) is 5.10 Å². The molecule has 1 atom stereocenters. The maximum atomic E-state index is 13.8. The summed E-state index contributed by atoms with van der Waals surface area (Å²) in [4.78, 5) is 3.58. The zero-order valence-corrected chi connectivity index (χ0v) is 18.7. The van der Waals surface area contributed by atoms with E-state index >= 15 is 0 Å². The quantitative estimate of drug-likeness (QED) is 0.404. The first-order valence-corrected chi connectivity index (χ1v) is 12.0. The van der Waals surface area contributed by atoms with Gasteiger partial charge in [0.25, 0.3) is 0 Å². The molecule has 1 aliphatic heterocycles. The van der Waals surface area contributed by atoms with Crippen LogP contribution in [0.3, 0.4) is 0 Å². The maximum absolute atomic E-state index is 13.8. The third kappa shape index (κ3) is 4.13. The van der Waals surface area contributed by atoms with E-state index in [1.165, 1.54) is 17.2 Å². The van der Waals surface area contributed by atoms with E-state index in [9.17, 15) is 9.50 Å². The number of aromatic nitrogens is 2. The third-order valence-electron chi connectivity index (χ3n) is 5.48. The molecule has 1 N–H and O–H groups in total. The maximum Gasteiger partial charge on any atom is 0.126 e. The second-order valence-corrected chi connectivity index (χ2v) is 9.78. The molecule has 0 spiro atoms. The van der Waals surface area contributed by atoms with Gasteiger partial charge in [0.2, 0.25) is 0 Å². The molecular weight excluding hydrogens is 429 g/mol. The first-order chi connectivity index (χ1) is 15.1. The van der Waals surface area contributed by atoms with Gasteiger partial charge in [-0.15, -0.1) is 23.1 Å². The lowest BCUT2D eigenvalue weighted by Gasteiger charge is -2.23. The molecule has 1 saturated heterocycles. The Morgan fingerprint density at radius 3 is 2.74 bits per heavy atom. The van der Waals surface area contributed by atoms with Gasteiger partial charge in [0.05, 0.1) is 15.9 Å². The molecule has 1 unspecified atom stereocenters. The van der Waals surface area contributed by atoms with Crippen molar-refractivity contribution in [2.75, 3.05) is 12.3 Å². The molecule has 7 heteroatoms. The molecule has 0 saturated carbocycles. The molecule has 2 aromatic carbocycles. The van der Waals surface area contributed by atoms with E-state index in [2.05, 4.69) is 22.5 Å². The Morgan fingerprint density at radius 1 is 1.16 bits per heavy atom. The first-order valence-electron chi connectivity index (χ1n) is 10.1. The number of hydrogen-bond donors (Lipinski definition) is 1. The fraction of sp³-hybridized carbons (Fsp3) is 0.208. The van der Waals surface area contributed by atoms with Crippen molar-refractivity contribution in [2.45, 2.75) is 18.8 Å². The minimum atomic E-state index is -0.207. The summed E-state index contributed by atoms with van der Waals surface area (Å²) < 4.78 is 15.7. The second-order valence-electron chi connectivity index (χ2n) is 7.65. The van der Waals surface area contributed by atoms with Crippen LogP contribution < -0.4 is 0 Å². The zero-order valence-electron chi connectivity index (χ0n) is 17.0. The number of rotatable bonds is 5. The summed E-state index contributed by atoms with van der Waals surface area (Å²) in [6.45, 7) is 3.57. The van der Waals surface area contributed by atoms with Gasteiger partial charge in [-0.3, -0.25) is 4.90 Å². The van der Waals surface area contributed by atoms with Gasteiger partial charge in [-0.2, -0.15) is 5.10 Å². The molecule has 4 nitrogen and oxygen atoms in total. The molecule has 158 valence electrons. The topological polar surface area (TPSA) is 41.3 Å². The van der Waals surface area contributed by atoms with E-state index in [1.807, 2.05) is 40.7 Å². The molecular formula is C24H22FN3OS2. The fourth-order valence-electron chi connectivity index (χ4n) is 3.86. The van der Waals surface area contributed by atoms with Crippen LogP contribution in [0.4, 0.5) is 4.39 Å². The van der Waals surface area contributed by atoms with Crippen molar-refractivity contribution in [3.8, 4) is 22.0 Å². The van der Waals surface area contributed by atoms with Crippen molar-refractivity contribution >= 4 is 23.1 Å². The van der Waals surface area contributed by atoms with Crippen molar-refractivity contribution in [1.82, 2.24) is 14.7 Å². The van der Waals surface area contributed by atoms with E-state index in [1.54, 1.807) is 36.5 Å². The minimum absolute atomic E-state index is 0.182. The molecule has 5 rings (SSSR count). The van der Waals surface area contributed by atoms with Crippen molar-refractivity contribution < 1.29 is 9.50 Å². The molecule has 1 fully saturated rings. The highest BCUT2D eigenvalue weighted by Gasteiger charge is 2.31. The molecule has 1 aliphatic rings. The number of aromatic hydroxyl groups is 1. The summed E-state index contributed by atoms with van der Waals surface area (Å²) >= 11 is 3.60. The smallest absolute Gasteiger partial charge is 0.126 e. The van der Waals surface area contributed by atoms with Gasteiger partial charge in [0.15, 0.2) is 0 Å². The van der Waals surface area contributed by atoms with Crippen LogP contribution in [0.5, 0.6) is 5.75 Å². The van der Waals surface area contributed by atoms with Gasteiger partial charge >= 0.3 is 0 Å². The largest absolute Gasteiger partial charge is 0.508 e. The Labute approximate surface area is 189 Å². The molecule has 3 heterocycles. The number of benzene rings is 2. The second kappa shape index (κ2) is 8.49. The highest BCUT2D eigenvalue weighted by Crippen LogP contribution is 2.43. The van der Waals surface area contributed by atoms with Crippen LogP contribution in [0.15, 0.2) is 66.2 Å². The molecule has 0 radical (unpaired) electrons. The predicted molar refractivity (Wildman–Crippen MR) is 125 cm³/mol. The summed E-state index contributed by atoms with van der Waals surface area (Å²) in [6, 6.07) is 16.7. The van der Waals surface area contributed by atoms with E-state index < -0.39 is 0 Å². The average Bonchev–Trinajstić information content (AvgIpc) is 3.51. The average molecular weight is 452 g/mol. The van der Waals surface area contributed by atoms with Gasteiger partial charge in [0, 0.05) is 30.6 Å². The zero-order chi connectivity index (χ0) is 21.4. The van der Waals surface area contributed by atoms with Crippen molar-refractivity contribution in [3.05, 3.63) is 88.7 Å². The van der Waals surface area contributed by atoms with E-state index in [-0.39, 0.29) is 16.9 Å². The normalized spacial score (nSPS) is 16.8. The van der Waals surface area contributed by atoms with Crippen LogP contribution in [0, 0.1) is 12.7 Å². The van der Waals surface area contributed by atoms with E-state index in [0.717, 1.165) is 35.1 Å². The highest BCUT2D eigenvalue weighted by atomic mass is 32.2. The summed E-state index contributed by atoms with van der Waals surface area (Å²) in [5.74, 6) is 1.13. The Kier molecular flexibility index (Phi) is 5.56. The van der Waals surface area contributed by atoms with Crippen LogP contribution in [-0.4, -0.2) is 32.1 Å². The number of phenolic OH excluding ortho intramolecular Hbond substituents is 1. The highest BCUT2D eigenvalue weighted by molar-refractivity contribution is 7.99. The van der Waals surface area contributed by atoms with Crippen LogP contribution in [0.1, 0.15) is 22.1 Å². The summed E-state index contributed by atoms with van der Waals surface area (Å²) in [7, 11) is 0. The summed E-state index contributed by atoms with van der Waals surface area (Å²) in [6.07, 6.45) is 2.09. The number of aryl methyl sites for hydroxylation is 1. The molecule has 4 aromatic rings. The van der Waals surface area contributed by atoms with Crippen LogP contribution in [0.25, 0.3) is 16.3 Å².